The van der Waals surface area contributed by atoms with Crippen molar-refractivity contribution >= 4 is 39.9 Å². The maximum absolute atomic E-state index is 11.9. The van der Waals surface area contributed by atoms with Crippen molar-refractivity contribution in [2.75, 3.05) is 51.6 Å². The number of carbonyl (C=O) groups excluding carboxylic acids is 4. The number of likely N-dealkylation sites (N-methyl/N-ethyl adjacent to an activating group) is 1. The molecule has 23 heavy (non-hydrogen) atoms. The lowest BCUT2D eigenvalue weighted by Gasteiger charge is -2.22. The van der Waals surface area contributed by atoms with Crippen molar-refractivity contribution in [3.05, 3.63) is 0 Å². The molecule has 0 radical (unpaired) electrons. The van der Waals surface area contributed by atoms with Gasteiger partial charge in [-0.3, -0.25) is 14.4 Å². The molecule has 0 fully saturated rings. The SMILES string of the molecule is [3H]C(=O)CN(CCNC(=O)CN(CCNC)C(=O)CBr)C(=O)CC.[3H][3H].[3H][3H]. The first-order valence-corrected chi connectivity index (χ1v) is 8.50. The number of aldehydes is 1. The number of nitrogens with one attached hydrogen (secondary N) is 2. The Kier molecular flexibility index (Phi) is 9.26. The highest BCUT2D eigenvalue weighted by molar-refractivity contribution is 9.09. The third-order valence-corrected chi connectivity index (χ3v) is 3.53. The predicted molar refractivity (Wildman–Crippen MR) is 94.5 cm³/mol. The summed E-state index contributed by atoms with van der Waals surface area (Å²) in [5.41, 5.74) is 0. The van der Waals surface area contributed by atoms with Crippen LogP contribution in [0.3, 0.4) is 0 Å². The van der Waals surface area contributed by atoms with Crippen LogP contribution in [0.1, 0.15) is 20.7 Å². The Bertz CT molecular complexity index is 463. The van der Waals surface area contributed by atoms with Gasteiger partial charge in [-0.05, 0) is 7.05 Å². The first-order valence-electron chi connectivity index (χ1n) is 9.87. The average Bonchev–Trinajstić information content (AvgIpc) is 2.71. The zero-order chi connectivity index (χ0) is 22.5. The zero-order valence-electron chi connectivity index (χ0n) is 18.6. The van der Waals surface area contributed by atoms with Crippen LogP contribution in [0, 0.1) is 0 Å². The van der Waals surface area contributed by atoms with E-state index in [0.29, 0.717) is 13.1 Å². The van der Waals surface area contributed by atoms with E-state index in [1.165, 1.54) is 9.80 Å². The van der Waals surface area contributed by atoms with Gasteiger partial charge in [-0.15, -0.1) is 0 Å². The summed E-state index contributed by atoms with van der Waals surface area (Å²) in [5, 5.41) is 5.66. The van der Waals surface area contributed by atoms with Gasteiger partial charge in [-0.2, -0.15) is 0 Å². The van der Waals surface area contributed by atoms with Crippen LogP contribution in [0.4, 0.5) is 0 Å². The average molecular weight is 407 g/mol. The van der Waals surface area contributed by atoms with Gasteiger partial charge in [-0.1, -0.05) is 22.9 Å². The van der Waals surface area contributed by atoms with Crippen LogP contribution in [0.15, 0.2) is 0 Å². The van der Waals surface area contributed by atoms with Crippen molar-refractivity contribution in [2.24, 2.45) is 0 Å². The molecule has 0 aliphatic rings. The van der Waals surface area contributed by atoms with Gasteiger partial charge in [0, 0.05) is 38.5 Å². The summed E-state index contributed by atoms with van der Waals surface area (Å²) in [6.45, 7) is 2.56. The Hall–Kier alpha value is -1.48. The van der Waals surface area contributed by atoms with E-state index in [-0.39, 0.29) is 55.7 Å². The van der Waals surface area contributed by atoms with Crippen molar-refractivity contribution in [1.29, 1.82) is 0 Å². The van der Waals surface area contributed by atoms with Gasteiger partial charge in [0.05, 0.1) is 18.4 Å². The van der Waals surface area contributed by atoms with Crippen LogP contribution in [0.2, 0.25) is 0 Å². The predicted octanol–water partition coefficient (Wildman–Crippen LogP) is -0.525. The van der Waals surface area contributed by atoms with Gasteiger partial charge >= 0.3 is 0 Å². The molecule has 2 N–H and O–H groups in total. The Balaban J connectivity index is -0.00000146. The minimum Gasteiger partial charge on any atom is -0.353 e. The molecular formula is C14H29BrN4O4. The molecule has 0 spiro atoms. The molecule has 0 aromatic carbocycles. The standard InChI is InChI=1S/C14H25BrN4O4.2H2/c1-3-13(22)18(8-9-20)7-5-17-12(21)11-19(6-4-16-2)14(23)10-15;;/h9,16H,3-8,10-11H2,1-2H3,(H,17,21);2*1H/i9T;2*1+2T. The van der Waals surface area contributed by atoms with E-state index in [1.807, 2.05) is 0 Å². The molecular weight excluding hydrogens is 368 g/mol. The Morgan fingerprint density at radius 1 is 1.26 bits per heavy atom. The number of nitrogens with zero attached hydrogens (tertiary/aromatic N) is 2. The molecule has 0 aromatic rings. The van der Waals surface area contributed by atoms with Crippen LogP contribution >= 0.6 is 15.9 Å². The summed E-state index contributed by atoms with van der Waals surface area (Å²) in [7, 11) is 1.75. The van der Waals surface area contributed by atoms with Crippen LogP contribution in [0.5, 0.6) is 0 Å². The molecule has 136 valence electrons. The first-order chi connectivity index (χ1) is 13.3. The van der Waals surface area contributed by atoms with Gasteiger partial charge in [-0.25, -0.2) is 0 Å². The lowest BCUT2D eigenvalue weighted by atomic mass is 10.3. The maximum atomic E-state index is 11.9. The molecule has 9 heteroatoms. The fourth-order valence-electron chi connectivity index (χ4n) is 1.78. The molecule has 3 amide bonds. The molecule has 0 rings (SSSR count). The van der Waals surface area contributed by atoms with Gasteiger partial charge in [0.25, 0.3) is 0 Å². The summed E-state index contributed by atoms with van der Waals surface area (Å²) in [6, 6.07) is 0. The van der Waals surface area contributed by atoms with Gasteiger partial charge < -0.3 is 25.2 Å². The van der Waals surface area contributed by atoms with Crippen LogP contribution in [0.25, 0.3) is 0 Å². The topological polar surface area (TPSA) is 98.8 Å². The van der Waals surface area contributed by atoms with E-state index in [2.05, 4.69) is 26.6 Å². The second-order valence-corrected chi connectivity index (χ2v) is 5.28. The van der Waals surface area contributed by atoms with Crippen molar-refractivity contribution in [2.45, 2.75) is 13.3 Å². The number of rotatable bonds is 12. The molecule has 0 aliphatic carbocycles. The molecule has 8 nitrogen and oxygen atoms in total. The molecule has 0 aliphatic heterocycles. The number of halogens is 1. The van der Waals surface area contributed by atoms with E-state index in [1.54, 1.807) is 14.0 Å². The van der Waals surface area contributed by atoms with Gasteiger partial charge in [0.2, 0.25) is 17.7 Å². The van der Waals surface area contributed by atoms with E-state index in [9.17, 15) is 19.2 Å². The molecule has 0 saturated carbocycles. The largest absolute Gasteiger partial charge is 0.353 e. The Labute approximate surface area is 152 Å². The lowest BCUT2D eigenvalue weighted by molar-refractivity contribution is -0.134. The van der Waals surface area contributed by atoms with E-state index < -0.39 is 6.26 Å². The molecule has 0 saturated heterocycles. The maximum Gasteiger partial charge on any atom is 0.239 e. The number of alkyl halides is 1. The van der Waals surface area contributed by atoms with Gasteiger partial charge in [0.15, 0.2) is 0 Å². The first kappa shape index (κ1) is 16.4. The highest BCUT2D eigenvalue weighted by atomic mass is 79.9. The quantitative estimate of drug-likeness (QED) is 0.335. The van der Waals surface area contributed by atoms with Gasteiger partial charge in [0.1, 0.15) is 7.63 Å². The third-order valence-electron chi connectivity index (χ3n) is 3.05. The second kappa shape index (κ2) is 13.0. The minimum atomic E-state index is -0.857. The van der Waals surface area contributed by atoms with Crippen LogP contribution in [-0.2, 0) is 19.2 Å². The third kappa shape index (κ3) is 9.29. The van der Waals surface area contributed by atoms with Crippen LogP contribution < -0.4 is 10.6 Å². The highest BCUT2D eigenvalue weighted by Crippen LogP contribution is 1.95. The fourth-order valence-corrected chi connectivity index (χ4v) is 2.13. The van der Waals surface area contributed by atoms with Crippen molar-refractivity contribution < 1.29 is 26.5 Å². The monoisotopic (exact) mass is 406 g/mol. The number of amides is 3. The van der Waals surface area contributed by atoms with Crippen molar-refractivity contribution in [1.82, 2.24) is 20.4 Å². The van der Waals surface area contributed by atoms with Crippen molar-refractivity contribution in [3.63, 3.8) is 0 Å². The molecule has 0 bridgehead atoms. The van der Waals surface area contributed by atoms with E-state index in [4.69, 9.17) is 7.31 Å². The van der Waals surface area contributed by atoms with Crippen LogP contribution in [-0.4, -0.2) is 85.4 Å². The van der Waals surface area contributed by atoms with E-state index in [0.717, 1.165) is 0 Å². The Morgan fingerprint density at radius 2 is 1.91 bits per heavy atom. The number of carbonyl (C=O) groups is 4. The van der Waals surface area contributed by atoms with Crippen molar-refractivity contribution in [3.8, 4) is 0 Å². The summed E-state index contributed by atoms with van der Waals surface area (Å²) in [5.74, 6) is -0.792. The molecule has 0 atom stereocenters. The summed E-state index contributed by atoms with van der Waals surface area (Å²) >= 11 is 3.08. The fraction of sp³-hybridized carbons (Fsp3) is 0.714. The molecule has 0 unspecified atom stereocenters. The molecule has 0 aromatic heterocycles. The highest BCUT2D eigenvalue weighted by Gasteiger charge is 2.16. The summed E-state index contributed by atoms with van der Waals surface area (Å²) < 4.78 is 26.9. The number of hydrogen-bond acceptors (Lipinski definition) is 5. The Morgan fingerprint density at radius 3 is 2.43 bits per heavy atom. The lowest BCUT2D eigenvalue weighted by Crippen LogP contribution is -2.45. The minimum absolute atomic E-state index is 0.0782. The zero-order valence-corrected chi connectivity index (χ0v) is 15.1. The summed E-state index contributed by atoms with van der Waals surface area (Å²) in [4.78, 5) is 48.8. The normalized spacial score (nSPS) is 11.3. The number of hydrogen-bond donors (Lipinski definition) is 2. The smallest absolute Gasteiger partial charge is 0.239 e. The summed E-state index contributed by atoms with van der Waals surface area (Å²) in [6.07, 6.45) is -0.636. The van der Waals surface area contributed by atoms with E-state index >= 15 is 0 Å². The second-order valence-electron chi connectivity index (χ2n) is 4.72. The molecule has 0 heterocycles.